The number of hydrogen-bond donors (Lipinski definition) is 2. The van der Waals surface area contributed by atoms with E-state index >= 15 is 0 Å². The fourth-order valence-electron chi connectivity index (χ4n) is 6.55. The summed E-state index contributed by atoms with van der Waals surface area (Å²) in [6.07, 6.45) is 55.1. The Hall–Kier alpha value is -1.58. The van der Waals surface area contributed by atoms with Gasteiger partial charge in [-0.2, -0.15) is 0 Å². The minimum Gasteiger partial charge on any atom is -0.478 e. The molecule has 0 aromatic heterocycles. The fraction of sp³-hybridized carbons (Fsp3) is 0.857. The molecule has 0 fully saturated rings. The third kappa shape index (κ3) is 42.4. The molecule has 0 heterocycles. The Balaban J connectivity index is 3.08. The number of carboxylic acids is 2. The van der Waals surface area contributed by atoms with Crippen molar-refractivity contribution in [2.45, 2.75) is 231 Å². The molecule has 0 atom stereocenters. The van der Waals surface area contributed by atoms with E-state index in [4.69, 9.17) is 10.2 Å². The Kier molecular flexibility index (Phi) is 38.2. The summed E-state index contributed by atoms with van der Waals surface area (Å²) < 4.78 is 0. The number of hydrogen-bond acceptors (Lipinski definition) is 2. The Labute approximate surface area is 286 Å². The summed E-state index contributed by atoms with van der Waals surface area (Å²) in [5.41, 5.74) is 0. The number of unbranched alkanes of at least 4 members (excludes halogenated alkanes) is 35. The molecule has 270 valence electrons. The SMILES string of the molecule is O=C(O)C=CCCCCCCCCCCCCCCCCCCCCCCCCCCCCCCCCCCCCC=CC(=O)O. The van der Waals surface area contributed by atoms with E-state index < -0.39 is 11.9 Å². The molecule has 0 radical (unpaired) electrons. The lowest BCUT2D eigenvalue weighted by molar-refractivity contribution is -0.132. The van der Waals surface area contributed by atoms with Crippen molar-refractivity contribution in [3.63, 3.8) is 0 Å². The molecule has 2 N–H and O–H groups in total. The van der Waals surface area contributed by atoms with Crippen LogP contribution in [0.2, 0.25) is 0 Å². The van der Waals surface area contributed by atoms with E-state index in [0.29, 0.717) is 0 Å². The van der Waals surface area contributed by atoms with Crippen LogP contribution in [0.1, 0.15) is 231 Å². The summed E-state index contributed by atoms with van der Waals surface area (Å²) in [4.78, 5) is 20.8. The zero-order chi connectivity index (χ0) is 33.4. The van der Waals surface area contributed by atoms with E-state index in [1.165, 1.54) is 218 Å². The third-order valence-corrected chi connectivity index (χ3v) is 9.51. The van der Waals surface area contributed by atoms with Crippen molar-refractivity contribution in [1.29, 1.82) is 0 Å². The average molecular weight is 647 g/mol. The van der Waals surface area contributed by atoms with Crippen LogP contribution in [0.5, 0.6) is 0 Å². The minimum atomic E-state index is -0.833. The number of allylic oxidation sites excluding steroid dienone is 2. The lowest BCUT2D eigenvalue weighted by atomic mass is 10.0. The van der Waals surface area contributed by atoms with Crippen molar-refractivity contribution in [2.75, 3.05) is 0 Å². The molecule has 0 saturated heterocycles. The maximum atomic E-state index is 10.4. The molecule has 0 aliphatic heterocycles. The lowest BCUT2D eigenvalue weighted by Gasteiger charge is -2.05. The van der Waals surface area contributed by atoms with Crippen LogP contribution in [0.4, 0.5) is 0 Å². The molecule has 0 bridgehead atoms. The van der Waals surface area contributed by atoms with Gasteiger partial charge >= 0.3 is 11.9 Å². The van der Waals surface area contributed by atoms with Gasteiger partial charge in [0, 0.05) is 12.2 Å². The van der Waals surface area contributed by atoms with Gasteiger partial charge in [-0.05, 0) is 25.7 Å². The fourth-order valence-corrected chi connectivity index (χ4v) is 6.55. The Morgan fingerprint density at radius 3 is 0.522 bits per heavy atom. The topological polar surface area (TPSA) is 74.6 Å². The van der Waals surface area contributed by atoms with Crippen molar-refractivity contribution in [1.82, 2.24) is 0 Å². The van der Waals surface area contributed by atoms with Gasteiger partial charge in [0.25, 0.3) is 0 Å². The first-order valence-electron chi connectivity index (χ1n) is 20.4. The molecule has 0 amide bonds. The van der Waals surface area contributed by atoms with Gasteiger partial charge in [0.15, 0.2) is 0 Å². The summed E-state index contributed by atoms with van der Waals surface area (Å²) in [5, 5.41) is 17.1. The Bertz CT molecular complexity index is 625. The van der Waals surface area contributed by atoms with Crippen LogP contribution in [-0.4, -0.2) is 22.2 Å². The molecule has 0 unspecified atom stereocenters. The molecular formula is C42H78O4. The van der Waals surface area contributed by atoms with Gasteiger partial charge in [-0.3, -0.25) is 0 Å². The van der Waals surface area contributed by atoms with Crippen LogP contribution in [-0.2, 0) is 9.59 Å². The number of rotatable bonds is 39. The smallest absolute Gasteiger partial charge is 0.327 e. The first-order valence-corrected chi connectivity index (χ1v) is 20.4. The second kappa shape index (κ2) is 39.6. The standard InChI is InChI=1S/C42H78O4/c43-41(44)39-37-35-33-31-29-27-25-23-21-19-17-15-13-11-9-7-5-3-1-2-4-6-8-10-12-14-16-18-20-22-24-26-28-30-32-34-36-38-40-42(45)46/h37-40H,1-36H2,(H,43,44)(H,45,46). The predicted molar refractivity (Wildman–Crippen MR) is 200 cm³/mol. The van der Waals surface area contributed by atoms with Gasteiger partial charge < -0.3 is 10.2 Å². The highest BCUT2D eigenvalue weighted by Crippen LogP contribution is 2.17. The summed E-state index contributed by atoms with van der Waals surface area (Å²) in [6, 6.07) is 0. The monoisotopic (exact) mass is 647 g/mol. The van der Waals surface area contributed by atoms with Gasteiger partial charge in [0.05, 0.1) is 0 Å². The van der Waals surface area contributed by atoms with E-state index in [-0.39, 0.29) is 0 Å². The van der Waals surface area contributed by atoms with Gasteiger partial charge in [-0.15, -0.1) is 0 Å². The molecule has 0 aliphatic carbocycles. The maximum absolute atomic E-state index is 10.4. The Morgan fingerprint density at radius 2 is 0.391 bits per heavy atom. The van der Waals surface area contributed by atoms with Crippen molar-refractivity contribution in [2.24, 2.45) is 0 Å². The first-order chi connectivity index (χ1) is 22.6. The van der Waals surface area contributed by atoms with E-state index in [9.17, 15) is 9.59 Å². The molecule has 0 rings (SSSR count). The first kappa shape index (κ1) is 44.4. The summed E-state index contributed by atoms with van der Waals surface area (Å²) in [6.45, 7) is 0. The maximum Gasteiger partial charge on any atom is 0.327 e. The molecule has 0 spiro atoms. The molecule has 0 aromatic rings. The van der Waals surface area contributed by atoms with Crippen LogP contribution in [0, 0.1) is 0 Å². The lowest BCUT2D eigenvalue weighted by Crippen LogP contribution is -1.86. The van der Waals surface area contributed by atoms with Crippen molar-refractivity contribution >= 4 is 11.9 Å². The number of aliphatic carboxylic acids is 2. The van der Waals surface area contributed by atoms with E-state index in [2.05, 4.69) is 0 Å². The zero-order valence-corrected chi connectivity index (χ0v) is 30.5. The van der Waals surface area contributed by atoms with Crippen LogP contribution in [0.25, 0.3) is 0 Å². The molecule has 4 heteroatoms. The van der Waals surface area contributed by atoms with Gasteiger partial charge in [-0.25, -0.2) is 9.59 Å². The van der Waals surface area contributed by atoms with Gasteiger partial charge in [-0.1, -0.05) is 218 Å². The van der Waals surface area contributed by atoms with Crippen molar-refractivity contribution in [3.05, 3.63) is 24.3 Å². The predicted octanol–water partition coefficient (Wildman–Crippen LogP) is 14.3. The van der Waals surface area contributed by atoms with Crippen LogP contribution in [0.15, 0.2) is 24.3 Å². The minimum absolute atomic E-state index is 0.833. The molecule has 0 saturated carbocycles. The third-order valence-electron chi connectivity index (χ3n) is 9.51. The van der Waals surface area contributed by atoms with Crippen molar-refractivity contribution in [3.8, 4) is 0 Å². The highest BCUT2D eigenvalue weighted by atomic mass is 16.4. The molecule has 0 aromatic carbocycles. The quantitative estimate of drug-likeness (QED) is 0.0515. The second-order valence-corrected chi connectivity index (χ2v) is 14.1. The highest BCUT2D eigenvalue weighted by molar-refractivity contribution is 5.79. The van der Waals surface area contributed by atoms with Crippen molar-refractivity contribution < 1.29 is 19.8 Å². The largest absolute Gasteiger partial charge is 0.478 e. The van der Waals surface area contributed by atoms with Crippen LogP contribution >= 0.6 is 0 Å². The molecular weight excluding hydrogens is 568 g/mol. The van der Waals surface area contributed by atoms with E-state index in [0.717, 1.165) is 25.7 Å². The van der Waals surface area contributed by atoms with Crippen LogP contribution in [0.3, 0.4) is 0 Å². The summed E-state index contributed by atoms with van der Waals surface area (Å²) in [5.74, 6) is -1.67. The average Bonchev–Trinajstić information content (AvgIpc) is 3.03. The zero-order valence-electron chi connectivity index (χ0n) is 30.5. The van der Waals surface area contributed by atoms with Gasteiger partial charge in [0.2, 0.25) is 0 Å². The normalized spacial score (nSPS) is 11.7. The van der Waals surface area contributed by atoms with E-state index in [1.54, 1.807) is 12.2 Å². The molecule has 0 aliphatic rings. The second-order valence-electron chi connectivity index (χ2n) is 14.1. The number of carbonyl (C=O) groups is 2. The summed E-state index contributed by atoms with van der Waals surface area (Å²) in [7, 11) is 0. The van der Waals surface area contributed by atoms with Gasteiger partial charge in [0.1, 0.15) is 0 Å². The number of carboxylic acid groups (broad SMARTS) is 2. The molecule has 4 nitrogen and oxygen atoms in total. The van der Waals surface area contributed by atoms with E-state index in [1.807, 2.05) is 0 Å². The highest BCUT2D eigenvalue weighted by Gasteiger charge is 1.98. The van der Waals surface area contributed by atoms with Crippen LogP contribution < -0.4 is 0 Å². The Morgan fingerprint density at radius 1 is 0.261 bits per heavy atom. The summed E-state index contributed by atoms with van der Waals surface area (Å²) >= 11 is 0. The molecule has 46 heavy (non-hydrogen) atoms.